The minimum atomic E-state index is -0.375. The number of amides is 1. The lowest BCUT2D eigenvalue weighted by Gasteiger charge is -2.10. The second-order valence-corrected chi connectivity index (χ2v) is 4.89. The first-order valence-electron chi connectivity index (χ1n) is 7.11. The zero-order valence-corrected chi connectivity index (χ0v) is 13.4. The molecular weight excluding hydrogens is 316 g/mol. The number of nitrogens with one attached hydrogen (secondary N) is 1. The second kappa shape index (κ2) is 8.80. The first-order chi connectivity index (χ1) is 11.2. The lowest BCUT2D eigenvalue weighted by Crippen LogP contribution is -2.24. The smallest absolute Gasteiger partial charge is 0.277 e. The van der Waals surface area contributed by atoms with E-state index in [1.165, 1.54) is 6.21 Å². The Balaban J connectivity index is 1.85. The molecule has 0 aliphatic rings. The maximum Gasteiger partial charge on any atom is 0.277 e. The van der Waals surface area contributed by atoms with E-state index >= 15 is 0 Å². The molecule has 0 aliphatic carbocycles. The van der Waals surface area contributed by atoms with E-state index in [0.717, 1.165) is 5.56 Å². The predicted octanol–water partition coefficient (Wildman–Crippen LogP) is 3.27. The van der Waals surface area contributed by atoms with Crippen LogP contribution in [0.3, 0.4) is 0 Å². The number of carbonyl (C=O) groups excluding carboxylic acids is 1. The van der Waals surface area contributed by atoms with Gasteiger partial charge in [-0.05, 0) is 25.1 Å². The fourth-order valence-corrected chi connectivity index (χ4v) is 1.96. The zero-order chi connectivity index (χ0) is 16.5. The largest absolute Gasteiger partial charge is 0.490 e. The van der Waals surface area contributed by atoms with Crippen LogP contribution in [0.25, 0.3) is 0 Å². The number of rotatable bonds is 7. The highest BCUT2D eigenvalue weighted by Gasteiger charge is 2.06. The van der Waals surface area contributed by atoms with Gasteiger partial charge >= 0.3 is 0 Å². The molecule has 0 heterocycles. The Labute approximate surface area is 139 Å². The van der Waals surface area contributed by atoms with Crippen LogP contribution < -0.4 is 14.9 Å². The highest BCUT2D eigenvalue weighted by molar-refractivity contribution is 6.33. The van der Waals surface area contributed by atoms with Crippen molar-refractivity contribution in [3.8, 4) is 11.5 Å². The number of nitrogens with zero attached hydrogens (tertiary/aromatic N) is 1. The van der Waals surface area contributed by atoms with Gasteiger partial charge in [-0.1, -0.05) is 41.9 Å². The molecule has 0 atom stereocenters. The molecule has 0 bridgehead atoms. The van der Waals surface area contributed by atoms with E-state index in [9.17, 15) is 4.79 Å². The number of hydrazone groups is 1. The van der Waals surface area contributed by atoms with E-state index in [4.69, 9.17) is 21.1 Å². The molecule has 0 aromatic heterocycles. The number of benzene rings is 2. The molecule has 0 unspecified atom stereocenters. The topological polar surface area (TPSA) is 59.9 Å². The second-order valence-electron chi connectivity index (χ2n) is 4.48. The summed E-state index contributed by atoms with van der Waals surface area (Å²) in [6, 6.07) is 14.4. The van der Waals surface area contributed by atoms with Crippen LogP contribution >= 0.6 is 11.6 Å². The summed E-state index contributed by atoms with van der Waals surface area (Å²) in [5.74, 6) is 0.738. The fraction of sp³-hybridized carbons (Fsp3) is 0.176. The molecule has 0 fully saturated rings. The quantitative estimate of drug-likeness (QED) is 0.625. The highest BCUT2D eigenvalue weighted by Crippen LogP contribution is 2.26. The van der Waals surface area contributed by atoms with Gasteiger partial charge in [0.15, 0.2) is 18.1 Å². The number of hydrogen-bond acceptors (Lipinski definition) is 4. The van der Waals surface area contributed by atoms with E-state index in [1.54, 1.807) is 24.3 Å². The molecule has 0 spiro atoms. The summed E-state index contributed by atoms with van der Waals surface area (Å²) in [7, 11) is 0. The Morgan fingerprint density at radius 3 is 2.48 bits per heavy atom. The molecule has 0 aliphatic heterocycles. The van der Waals surface area contributed by atoms with Gasteiger partial charge in [0.2, 0.25) is 0 Å². The van der Waals surface area contributed by atoms with E-state index < -0.39 is 0 Å². The first kappa shape index (κ1) is 16.8. The number of halogens is 1. The standard InChI is InChI=1S/C17H17ClN2O3/c1-2-22-15-9-5-6-10-16(15)23-12-17(21)20-19-11-13-7-3-4-8-14(13)18/h3-11H,2,12H2,1H3,(H,20,21)/b19-11+. The summed E-state index contributed by atoms with van der Waals surface area (Å²) in [5, 5.41) is 4.42. The number of ether oxygens (including phenoxy) is 2. The Morgan fingerprint density at radius 2 is 1.78 bits per heavy atom. The molecular formula is C17H17ClN2O3. The monoisotopic (exact) mass is 332 g/mol. The van der Waals surface area contributed by atoms with Gasteiger partial charge in [-0.2, -0.15) is 5.10 Å². The molecule has 1 amide bonds. The Bertz CT molecular complexity index is 689. The molecule has 120 valence electrons. The third-order valence-electron chi connectivity index (χ3n) is 2.81. The molecule has 5 nitrogen and oxygen atoms in total. The van der Waals surface area contributed by atoms with Crippen LogP contribution in [0.5, 0.6) is 11.5 Å². The van der Waals surface area contributed by atoms with Crippen LogP contribution in [-0.2, 0) is 4.79 Å². The van der Waals surface area contributed by atoms with E-state index in [2.05, 4.69) is 10.5 Å². The van der Waals surface area contributed by atoms with Crippen LogP contribution in [0, 0.1) is 0 Å². The van der Waals surface area contributed by atoms with Crippen molar-refractivity contribution >= 4 is 23.7 Å². The Kier molecular flexibility index (Phi) is 6.44. The Morgan fingerprint density at radius 1 is 1.13 bits per heavy atom. The minimum absolute atomic E-state index is 0.163. The van der Waals surface area contributed by atoms with E-state index in [-0.39, 0.29) is 12.5 Å². The maximum atomic E-state index is 11.7. The van der Waals surface area contributed by atoms with Crippen LogP contribution in [-0.4, -0.2) is 25.3 Å². The molecule has 6 heteroatoms. The van der Waals surface area contributed by atoms with Crippen LogP contribution in [0.1, 0.15) is 12.5 Å². The summed E-state index contributed by atoms with van der Waals surface area (Å²) in [6.45, 7) is 2.24. The number of hydrogen-bond donors (Lipinski definition) is 1. The normalized spacial score (nSPS) is 10.5. The van der Waals surface area contributed by atoms with Crippen LogP contribution in [0.4, 0.5) is 0 Å². The van der Waals surface area contributed by atoms with Crippen LogP contribution in [0.15, 0.2) is 53.6 Å². The summed E-state index contributed by atoms with van der Waals surface area (Å²) >= 11 is 5.99. The SMILES string of the molecule is CCOc1ccccc1OCC(=O)N/N=C/c1ccccc1Cl. The van der Waals surface area contributed by atoms with Crippen molar-refractivity contribution in [2.45, 2.75) is 6.92 Å². The molecule has 23 heavy (non-hydrogen) atoms. The van der Waals surface area contributed by atoms with Gasteiger partial charge in [0.1, 0.15) is 0 Å². The van der Waals surface area contributed by atoms with E-state index in [1.807, 2.05) is 31.2 Å². The first-order valence-corrected chi connectivity index (χ1v) is 7.49. The van der Waals surface area contributed by atoms with Gasteiger partial charge in [0, 0.05) is 10.6 Å². The average molecular weight is 333 g/mol. The van der Waals surface area contributed by atoms with Crippen molar-refractivity contribution in [1.82, 2.24) is 5.43 Å². The third kappa shape index (κ3) is 5.30. The highest BCUT2D eigenvalue weighted by atomic mass is 35.5. The minimum Gasteiger partial charge on any atom is -0.490 e. The molecule has 2 rings (SSSR count). The molecule has 2 aromatic rings. The van der Waals surface area contributed by atoms with E-state index in [0.29, 0.717) is 23.1 Å². The summed E-state index contributed by atoms with van der Waals surface area (Å²) in [4.78, 5) is 11.7. The molecule has 1 N–H and O–H groups in total. The number of carbonyl (C=O) groups is 1. The summed E-state index contributed by atoms with van der Waals surface area (Å²) in [6.07, 6.45) is 1.48. The Hall–Kier alpha value is -2.53. The molecule has 0 saturated carbocycles. The maximum absolute atomic E-state index is 11.7. The van der Waals surface area contributed by atoms with Crippen molar-refractivity contribution in [3.63, 3.8) is 0 Å². The van der Waals surface area contributed by atoms with Gasteiger partial charge in [-0.3, -0.25) is 4.79 Å². The fourth-order valence-electron chi connectivity index (χ4n) is 1.77. The molecule has 0 radical (unpaired) electrons. The lowest BCUT2D eigenvalue weighted by atomic mass is 10.2. The average Bonchev–Trinajstić information content (AvgIpc) is 2.56. The zero-order valence-electron chi connectivity index (χ0n) is 12.7. The van der Waals surface area contributed by atoms with Gasteiger partial charge in [-0.15, -0.1) is 0 Å². The lowest BCUT2D eigenvalue weighted by molar-refractivity contribution is -0.123. The van der Waals surface area contributed by atoms with Crippen molar-refractivity contribution in [2.75, 3.05) is 13.2 Å². The van der Waals surface area contributed by atoms with Gasteiger partial charge < -0.3 is 9.47 Å². The molecule has 2 aromatic carbocycles. The molecule has 0 saturated heterocycles. The van der Waals surface area contributed by atoms with Crippen molar-refractivity contribution in [3.05, 3.63) is 59.1 Å². The third-order valence-corrected chi connectivity index (χ3v) is 3.15. The number of para-hydroxylation sites is 2. The van der Waals surface area contributed by atoms with Gasteiger partial charge in [0.25, 0.3) is 5.91 Å². The van der Waals surface area contributed by atoms with Crippen LogP contribution in [0.2, 0.25) is 5.02 Å². The summed E-state index contributed by atoms with van der Waals surface area (Å²) in [5.41, 5.74) is 3.11. The van der Waals surface area contributed by atoms with Crippen molar-refractivity contribution < 1.29 is 14.3 Å². The predicted molar refractivity (Wildman–Crippen MR) is 90.3 cm³/mol. The summed E-state index contributed by atoms with van der Waals surface area (Å²) < 4.78 is 10.9. The van der Waals surface area contributed by atoms with Crippen molar-refractivity contribution in [2.24, 2.45) is 5.10 Å². The van der Waals surface area contributed by atoms with Crippen molar-refractivity contribution in [1.29, 1.82) is 0 Å². The van der Waals surface area contributed by atoms with Gasteiger partial charge in [-0.25, -0.2) is 5.43 Å². The van der Waals surface area contributed by atoms with Gasteiger partial charge in [0.05, 0.1) is 12.8 Å².